The summed E-state index contributed by atoms with van der Waals surface area (Å²) in [6, 6.07) is 21.3. The minimum atomic E-state index is -0.114. The lowest BCUT2D eigenvalue weighted by Crippen LogP contribution is -2.34. The van der Waals surface area contributed by atoms with Crippen LogP contribution in [0.4, 0.5) is 5.69 Å². The molecule has 1 unspecified atom stereocenters. The highest BCUT2D eigenvalue weighted by atomic mass is 35.5. The number of rotatable bonds is 4. The van der Waals surface area contributed by atoms with Crippen LogP contribution in [-0.4, -0.2) is 7.11 Å². The molecule has 1 atom stereocenters. The van der Waals surface area contributed by atoms with Gasteiger partial charge in [-0.15, -0.1) is 0 Å². The van der Waals surface area contributed by atoms with Crippen LogP contribution in [0.1, 0.15) is 17.2 Å². The van der Waals surface area contributed by atoms with E-state index in [1.807, 2.05) is 47.5 Å². The average molecular weight is 432 g/mol. The number of hydrogen-bond acceptors (Lipinski definition) is 3. The van der Waals surface area contributed by atoms with Crippen LogP contribution in [0.15, 0.2) is 72.8 Å². The van der Waals surface area contributed by atoms with Crippen LogP contribution in [0, 0.1) is 0 Å². The highest BCUT2D eigenvalue weighted by Crippen LogP contribution is 2.43. The van der Waals surface area contributed by atoms with Crippen LogP contribution in [0.3, 0.4) is 0 Å². The molecule has 1 aliphatic rings. The first-order valence-electron chi connectivity index (χ1n) is 8.68. The number of halogens is 3. The van der Waals surface area contributed by atoms with E-state index < -0.39 is 0 Å². The summed E-state index contributed by atoms with van der Waals surface area (Å²) >= 11 is 19.1. The molecule has 0 saturated heterocycles. The maximum Gasteiger partial charge on any atom is 0.118 e. The number of methoxy groups -OCH3 is 1. The molecule has 0 aromatic heterocycles. The van der Waals surface area contributed by atoms with Gasteiger partial charge in [0.1, 0.15) is 5.75 Å². The molecule has 3 aromatic rings. The zero-order valence-electron chi connectivity index (χ0n) is 15.0. The molecule has 0 bridgehead atoms. The number of anilines is 1. The number of hydrazine groups is 1. The highest BCUT2D eigenvalue weighted by Gasteiger charge is 2.30. The molecule has 28 heavy (non-hydrogen) atoms. The molecule has 0 saturated carbocycles. The first-order chi connectivity index (χ1) is 13.6. The summed E-state index contributed by atoms with van der Waals surface area (Å²) in [5, 5.41) is 3.41. The lowest BCUT2D eigenvalue weighted by atomic mass is 10.0. The third-order valence-electron chi connectivity index (χ3n) is 4.61. The molecule has 3 aromatic carbocycles. The third kappa shape index (κ3) is 3.66. The smallest absolute Gasteiger partial charge is 0.118 e. The Morgan fingerprint density at radius 2 is 1.54 bits per heavy atom. The number of hydrogen-bond donors (Lipinski definition) is 1. The van der Waals surface area contributed by atoms with Crippen molar-refractivity contribution in [2.45, 2.75) is 6.04 Å². The Morgan fingerprint density at radius 1 is 0.893 bits per heavy atom. The number of nitrogens with zero attached hydrogens (tertiary/aromatic N) is 1. The molecule has 142 valence electrons. The Bertz CT molecular complexity index is 997. The molecule has 4 rings (SSSR count). The second-order valence-electron chi connectivity index (χ2n) is 6.36. The fourth-order valence-corrected chi connectivity index (χ4v) is 4.25. The Kier molecular flexibility index (Phi) is 5.40. The van der Waals surface area contributed by atoms with Crippen molar-refractivity contribution in [3.8, 4) is 5.75 Å². The summed E-state index contributed by atoms with van der Waals surface area (Å²) in [6.07, 6.45) is 2.15. The summed E-state index contributed by atoms with van der Waals surface area (Å²) in [7, 11) is 1.65. The van der Waals surface area contributed by atoms with E-state index in [-0.39, 0.29) is 6.04 Å². The van der Waals surface area contributed by atoms with Crippen molar-refractivity contribution in [1.29, 1.82) is 0 Å². The molecule has 1 heterocycles. The number of benzene rings is 3. The van der Waals surface area contributed by atoms with Crippen LogP contribution in [-0.2, 0) is 0 Å². The summed E-state index contributed by atoms with van der Waals surface area (Å²) < 4.78 is 5.28. The van der Waals surface area contributed by atoms with E-state index in [9.17, 15) is 0 Å². The molecular formula is C22H17Cl3N2O. The van der Waals surface area contributed by atoms with Gasteiger partial charge in [-0.25, -0.2) is 0 Å². The largest absolute Gasteiger partial charge is 0.497 e. The first kappa shape index (κ1) is 19.0. The van der Waals surface area contributed by atoms with Crippen LogP contribution < -0.4 is 15.2 Å². The van der Waals surface area contributed by atoms with E-state index in [0.29, 0.717) is 20.8 Å². The highest BCUT2D eigenvalue weighted by molar-refractivity contribution is 6.41. The Morgan fingerprint density at radius 3 is 2.14 bits per heavy atom. The van der Waals surface area contributed by atoms with E-state index >= 15 is 0 Å². The maximum absolute atomic E-state index is 6.52. The minimum absolute atomic E-state index is 0.114. The maximum atomic E-state index is 6.52. The summed E-state index contributed by atoms with van der Waals surface area (Å²) in [5.74, 6) is 0.802. The Hall–Kier alpha value is -2.33. The number of nitrogens with one attached hydrogen (secondary N) is 1. The molecule has 1 aliphatic heterocycles. The van der Waals surface area contributed by atoms with E-state index in [4.69, 9.17) is 39.5 Å². The van der Waals surface area contributed by atoms with Crippen LogP contribution in [0.5, 0.6) is 5.75 Å². The molecule has 0 amide bonds. The van der Waals surface area contributed by atoms with Gasteiger partial charge in [0.25, 0.3) is 0 Å². The fraction of sp³-hybridized carbons (Fsp3) is 0.0909. The Labute approximate surface area is 179 Å². The molecule has 0 radical (unpaired) electrons. The normalized spacial score (nSPS) is 15.9. The van der Waals surface area contributed by atoms with Crippen molar-refractivity contribution in [2.75, 3.05) is 12.1 Å². The zero-order valence-corrected chi connectivity index (χ0v) is 17.3. The quantitative estimate of drug-likeness (QED) is 0.494. The first-order valence-corrected chi connectivity index (χ1v) is 9.82. The van der Waals surface area contributed by atoms with Crippen LogP contribution in [0.2, 0.25) is 15.1 Å². The predicted molar refractivity (Wildman–Crippen MR) is 117 cm³/mol. The van der Waals surface area contributed by atoms with Crippen molar-refractivity contribution in [3.05, 3.63) is 99.0 Å². The fourth-order valence-electron chi connectivity index (χ4n) is 3.25. The summed E-state index contributed by atoms with van der Waals surface area (Å²) in [6.45, 7) is 0. The molecule has 6 heteroatoms. The Balaban J connectivity index is 1.80. The van der Waals surface area contributed by atoms with Gasteiger partial charge in [-0.05, 0) is 41.5 Å². The molecule has 0 spiro atoms. The van der Waals surface area contributed by atoms with Crippen molar-refractivity contribution in [2.24, 2.45) is 0 Å². The summed E-state index contributed by atoms with van der Waals surface area (Å²) in [5.41, 5.74) is 7.25. The zero-order chi connectivity index (χ0) is 19.7. The van der Waals surface area contributed by atoms with Crippen molar-refractivity contribution in [1.82, 2.24) is 5.43 Å². The molecule has 3 nitrogen and oxygen atoms in total. The molecule has 0 fully saturated rings. The molecule has 0 aliphatic carbocycles. The lowest BCUT2D eigenvalue weighted by Gasteiger charge is -2.29. The second-order valence-corrected chi connectivity index (χ2v) is 7.62. The molecular weight excluding hydrogens is 415 g/mol. The van der Waals surface area contributed by atoms with Crippen molar-refractivity contribution >= 4 is 46.2 Å². The van der Waals surface area contributed by atoms with Gasteiger partial charge in [-0.1, -0.05) is 77.3 Å². The van der Waals surface area contributed by atoms with Gasteiger partial charge in [0.15, 0.2) is 0 Å². The minimum Gasteiger partial charge on any atom is -0.497 e. The predicted octanol–water partition coefficient (Wildman–Crippen LogP) is 6.76. The van der Waals surface area contributed by atoms with E-state index in [1.54, 1.807) is 19.2 Å². The summed E-state index contributed by atoms with van der Waals surface area (Å²) in [4.78, 5) is 0. The SMILES string of the molecule is COc1ccc(C2C=C(c3ccccc3)NN2c2c(Cl)cc(Cl)cc2Cl)cc1. The molecule has 1 N–H and O–H groups in total. The van der Waals surface area contributed by atoms with Crippen molar-refractivity contribution in [3.63, 3.8) is 0 Å². The van der Waals surface area contributed by atoms with Crippen molar-refractivity contribution < 1.29 is 4.74 Å². The van der Waals surface area contributed by atoms with Crippen LogP contribution in [0.25, 0.3) is 5.70 Å². The van der Waals surface area contributed by atoms with Gasteiger partial charge in [0.05, 0.1) is 34.6 Å². The second kappa shape index (κ2) is 7.96. The van der Waals surface area contributed by atoms with E-state index in [0.717, 1.165) is 22.6 Å². The van der Waals surface area contributed by atoms with Gasteiger partial charge >= 0.3 is 0 Å². The standard InChI is InChI=1S/C22H17Cl3N2O/c1-28-17-9-7-15(8-10-17)21-13-20(14-5-3-2-4-6-14)26-27(21)22-18(24)11-16(23)12-19(22)25/h2-13,21,26H,1H3. The van der Waals surface area contributed by atoms with E-state index in [2.05, 4.69) is 23.6 Å². The topological polar surface area (TPSA) is 24.5 Å². The van der Waals surface area contributed by atoms with E-state index in [1.165, 1.54) is 0 Å². The third-order valence-corrected chi connectivity index (χ3v) is 5.40. The van der Waals surface area contributed by atoms with Gasteiger partial charge in [-0.2, -0.15) is 0 Å². The van der Waals surface area contributed by atoms with Gasteiger partial charge in [0.2, 0.25) is 0 Å². The average Bonchev–Trinajstić information content (AvgIpc) is 3.13. The lowest BCUT2D eigenvalue weighted by molar-refractivity contribution is 0.414. The number of ether oxygens (including phenoxy) is 1. The van der Waals surface area contributed by atoms with Gasteiger partial charge in [-0.3, -0.25) is 10.4 Å². The van der Waals surface area contributed by atoms with Crippen LogP contribution >= 0.6 is 34.8 Å². The van der Waals surface area contributed by atoms with Gasteiger partial charge in [0, 0.05) is 5.02 Å². The monoisotopic (exact) mass is 430 g/mol. The van der Waals surface area contributed by atoms with Gasteiger partial charge < -0.3 is 4.74 Å².